The number of carboxylic acids is 1. The number of aliphatic carboxylic acids is 1. The fraction of sp³-hybridized carbons (Fsp3) is 0.818. The van der Waals surface area contributed by atoms with Crippen LogP contribution < -0.4 is 0 Å². The third-order valence-corrected chi connectivity index (χ3v) is 4.11. The van der Waals surface area contributed by atoms with Crippen molar-refractivity contribution in [3.05, 3.63) is 0 Å². The van der Waals surface area contributed by atoms with Gasteiger partial charge in [0.15, 0.2) is 5.60 Å². The number of rotatable bonds is 2. The predicted octanol–water partition coefficient (Wildman–Crippen LogP) is 0.962. The highest BCUT2D eigenvalue weighted by Crippen LogP contribution is 2.53. The molecule has 2 heterocycles. The summed E-state index contributed by atoms with van der Waals surface area (Å²) in [7, 11) is 1.36. The van der Waals surface area contributed by atoms with Crippen molar-refractivity contribution in [1.82, 2.24) is 0 Å². The molecule has 0 aromatic carbocycles. The molecule has 0 aromatic heterocycles. The Hall–Kier alpha value is -1.10. The first kappa shape index (κ1) is 11.4. The molecule has 2 saturated heterocycles. The van der Waals surface area contributed by atoms with Gasteiger partial charge in [-0.2, -0.15) is 0 Å². The van der Waals surface area contributed by atoms with Gasteiger partial charge in [-0.3, -0.25) is 4.79 Å². The SMILES string of the molecule is COC(=O)C12CCC(C(=O)O)(CC1)OC2C. The van der Waals surface area contributed by atoms with E-state index in [0.29, 0.717) is 25.7 Å². The van der Waals surface area contributed by atoms with E-state index in [4.69, 9.17) is 14.6 Å². The van der Waals surface area contributed by atoms with Crippen molar-refractivity contribution in [1.29, 1.82) is 0 Å². The Kier molecular flexibility index (Phi) is 2.45. The van der Waals surface area contributed by atoms with Crippen LogP contribution in [0.1, 0.15) is 32.6 Å². The van der Waals surface area contributed by atoms with E-state index in [1.165, 1.54) is 7.11 Å². The number of carbonyl (C=O) groups is 2. The van der Waals surface area contributed by atoms with Crippen LogP contribution in [0, 0.1) is 5.41 Å². The minimum Gasteiger partial charge on any atom is -0.479 e. The number of hydrogen-bond acceptors (Lipinski definition) is 4. The molecule has 5 nitrogen and oxygen atoms in total. The van der Waals surface area contributed by atoms with Crippen LogP contribution in [0.15, 0.2) is 0 Å². The van der Waals surface area contributed by atoms with Gasteiger partial charge in [0.2, 0.25) is 0 Å². The fourth-order valence-electron chi connectivity index (χ4n) is 2.91. The van der Waals surface area contributed by atoms with Crippen molar-refractivity contribution in [2.45, 2.75) is 44.3 Å². The number of esters is 1. The van der Waals surface area contributed by atoms with Gasteiger partial charge in [0, 0.05) is 0 Å². The maximum absolute atomic E-state index is 11.8. The van der Waals surface area contributed by atoms with Crippen LogP contribution in [0.5, 0.6) is 0 Å². The zero-order chi connectivity index (χ0) is 12.0. The van der Waals surface area contributed by atoms with Gasteiger partial charge in [-0.05, 0) is 32.6 Å². The van der Waals surface area contributed by atoms with Crippen molar-refractivity contribution in [3.63, 3.8) is 0 Å². The molecule has 0 amide bonds. The Balaban J connectivity index is 2.27. The number of methoxy groups -OCH3 is 1. The lowest BCUT2D eigenvalue weighted by Crippen LogP contribution is -2.61. The van der Waals surface area contributed by atoms with Gasteiger partial charge in [-0.25, -0.2) is 4.79 Å². The van der Waals surface area contributed by atoms with Gasteiger partial charge >= 0.3 is 11.9 Å². The second kappa shape index (κ2) is 3.45. The average molecular weight is 228 g/mol. The molecular formula is C11H16O5. The van der Waals surface area contributed by atoms with Crippen molar-refractivity contribution >= 4 is 11.9 Å². The number of carboxylic acid groups (broad SMARTS) is 1. The summed E-state index contributed by atoms with van der Waals surface area (Å²) >= 11 is 0. The van der Waals surface area contributed by atoms with Gasteiger partial charge in [0.1, 0.15) is 0 Å². The zero-order valence-corrected chi connectivity index (χ0v) is 9.49. The first-order valence-corrected chi connectivity index (χ1v) is 5.46. The molecule has 1 aliphatic carbocycles. The molecule has 3 rings (SSSR count). The highest BCUT2D eigenvalue weighted by atomic mass is 16.6. The fourth-order valence-corrected chi connectivity index (χ4v) is 2.91. The second-order valence-electron chi connectivity index (χ2n) is 4.71. The summed E-state index contributed by atoms with van der Waals surface area (Å²) in [5.41, 5.74) is -1.71. The quantitative estimate of drug-likeness (QED) is 0.713. The number of fused-ring (bicyclic) bond motifs is 3. The van der Waals surface area contributed by atoms with E-state index < -0.39 is 23.1 Å². The molecule has 2 bridgehead atoms. The molecule has 3 aliphatic rings. The Bertz CT molecular complexity index is 327. The summed E-state index contributed by atoms with van der Waals surface area (Å²) in [5, 5.41) is 9.17. The molecule has 16 heavy (non-hydrogen) atoms. The van der Waals surface area contributed by atoms with E-state index in [1.807, 2.05) is 0 Å². The molecule has 1 atom stereocenters. The van der Waals surface area contributed by atoms with Crippen molar-refractivity contribution < 1.29 is 24.2 Å². The maximum atomic E-state index is 11.8. The van der Waals surface area contributed by atoms with E-state index in [9.17, 15) is 9.59 Å². The predicted molar refractivity (Wildman–Crippen MR) is 53.8 cm³/mol. The number of carbonyl (C=O) groups excluding carboxylic acids is 1. The summed E-state index contributed by atoms with van der Waals surface area (Å²) in [6.07, 6.45) is 1.46. The zero-order valence-electron chi connectivity index (χ0n) is 9.49. The van der Waals surface area contributed by atoms with Crippen LogP contribution in [-0.4, -0.2) is 35.9 Å². The molecule has 90 valence electrons. The molecule has 3 fully saturated rings. The van der Waals surface area contributed by atoms with Crippen molar-refractivity contribution in [2.24, 2.45) is 5.41 Å². The molecule has 1 unspecified atom stereocenters. The standard InChI is InChI=1S/C11H16O5/c1-7-10(9(14)15-2)3-5-11(16-7,6-4-10)8(12)13/h7H,3-6H2,1-2H3,(H,12,13). The van der Waals surface area contributed by atoms with Crippen LogP contribution in [0.4, 0.5) is 0 Å². The number of ether oxygens (including phenoxy) is 2. The van der Waals surface area contributed by atoms with E-state index in [0.717, 1.165) is 0 Å². The largest absolute Gasteiger partial charge is 0.479 e. The van der Waals surface area contributed by atoms with Crippen LogP contribution in [0.3, 0.4) is 0 Å². The Morgan fingerprint density at radius 1 is 1.31 bits per heavy atom. The average Bonchev–Trinajstić information content (AvgIpc) is 2.29. The Labute approximate surface area is 93.7 Å². The lowest BCUT2D eigenvalue weighted by Gasteiger charge is -2.52. The third-order valence-electron chi connectivity index (χ3n) is 4.11. The van der Waals surface area contributed by atoms with Crippen molar-refractivity contribution in [2.75, 3.05) is 7.11 Å². The smallest absolute Gasteiger partial charge is 0.335 e. The minimum atomic E-state index is -1.07. The van der Waals surface area contributed by atoms with Crippen LogP contribution in [-0.2, 0) is 19.1 Å². The molecule has 2 aliphatic heterocycles. The van der Waals surface area contributed by atoms with Crippen LogP contribution in [0.2, 0.25) is 0 Å². The first-order chi connectivity index (χ1) is 7.47. The molecule has 0 spiro atoms. The van der Waals surface area contributed by atoms with Gasteiger partial charge in [0.25, 0.3) is 0 Å². The summed E-state index contributed by atoms with van der Waals surface area (Å²) in [6.45, 7) is 1.76. The van der Waals surface area contributed by atoms with Gasteiger partial charge in [-0.1, -0.05) is 0 Å². The maximum Gasteiger partial charge on any atom is 0.335 e. The van der Waals surface area contributed by atoms with Gasteiger partial charge in [0.05, 0.1) is 18.6 Å². The van der Waals surface area contributed by atoms with Crippen LogP contribution in [0.25, 0.3) is 0 Å². The molecular weight excluding hydrogens is 212 g/mol. The highest BCUT2D eigenvalue weighted by molar-refractivity contribution is 5.82. The van der Waals surface area contributed by atoms with E-state index in [1.54, 1.807) is 6.92 Å². The lowest BCUT2D eigenvalue weighted by molar-refractivity contribution is -0.239. The Morgan fingerprint density at radius 3 is 2.25 bits per heavy atom. The van der Waals surface area contributed by atoms with Gasteiger partial charge in [-0.15, -0.1) is 0 Å². The number of hydrogen-bond donors (Lipinski definition) is 1. The molecule has 1 N–H and O–H groups in total. The lowest BCUT2D eigenvalue weighted by atomic mass is 9.62. The summed E-state index contributed by atoms with van der Waals surface area (Å²) in [5.74, 6) is -1.20. The normalized spacial score (nSPS) is 41.8. The summed E-state index contributed by atoms with van der Waals surface area (Å²) < 4.78 is 10.4. The second-order valence-corrected chi connectivity index (χ2v) is 4.71. The molecule has 0 radical (unpaired) electrons. The van der Waals surface area contributed by atoms with Gasteiger partial charge < -0.3 is 14.6 Å². The van der Waals surface area contributed by atoms with E-state index in [2.05, 4.69) is 0 Å². The first-order valence-electron chi connectivity index (χ1n) is 5.46. The topological polar surface area (TPSA) is 72.8 Å². The minimum absolute atomic E-state index is 0.279. The summed E-state index contributed by atoms with van der Waals surface area (Å²) in [6, 6.07) is 0. The third kappa shape index (κ3) is 1.27. The molecule has 1 saturated carbocycles. The van der Waals surface area contributed by atoms with Crippen molar-refractivity contribution in [3.8, 4) is 0 Å². The van der Waals surface area contributed by atoms with E-state index in [-0.39, 0.29) is 5.97 Å². The van der Waals surface area contributed by atoms with Crippen LogP contribution >= 0.6 is 0 Å². The highest BCUT2D eigenvalue weighted by Gasteiger charge is 2.61. The Morgan fingerprint density at radius 2 is 1.88 bits per heavy atom. The molecule has 5 heteroatoms. The summed E-state index contributed by atoms with van der Waals surface area (Å²) in [4.78, 5) is 23.0. The van der Waals surface area contributed by atoms with E-state index >= 15 is 0 Å². The molecule has 0 aromatic rings. The monoisotopic (exact) mass is 228 g/mol.